The highest BCUT2D eigenvalue weighted by Crippen LogP contribution is 2.71. The molecular formula is C38H29N3O6. The molecule has 6 atom stereocenters. The lowest BCUT2D eigenvalue weighted by Crippen LogP contribution is -2.68. The second-order valence-corrected chi connectivity index (χ2v) is 12.6. The lowest BCUT2D eigenvalue weighted by molar-refractivity contribution is -0.138. The molecule has 3 heterocycles. The molecule has 0 aromatic heterocycles. The molecule has 2 unspecified atom stereocenters. The number of benzene rings is 4. The second-order valence-electron chi connectivity index (χ2n) is 12.6. The van der Waals surface area contributed by atoms with Crippen LogP contribution in [0.4, 0.5) is 22.7 Å². The van der Waals surface area contributed by atoms with E-state index in [0.29, 0.717) is 22.9 Å². The molecule has 9 nitrogen and oxygen atoms in total. The predicted molar refractivity (Wildman–Crippen MR) is 174 cm³/mol. The summed E-state index contributed by atoms with van der Waals surface area (Å²) in [6.07, 6.45) is 2.02. The average molecular weight is 624 g/mol. The van der Waals surface area contributed by atoms with Crippen molar-refractivity contribution in [3.63, 3.8) is 0 Å². The molecule has 4 amide bonds. The summed E-state index contributed by atoms with van der Waals surface area (Å²) in [4.78, 5) is 63.7. The van der Waals surface area contributed by atoms with Crippen LogP contribution in [0.2, 0.25) is 0 Å². The van der Waals surface area contributed by atoms with Gasteiger partial charge in [-0.05, 0) is 72.3 Å². The zero-order valence-corrected chi connectivity index (χ0v) is 25.6. The third-order valence-corrected chi connectivity index (χ3v) is 10.8. The van der Waals surface area contributed by atoms with Crippen molar-refractivity contribution in [2.45, 2.75) is 5.54 Å². The van der Waals surface area contributed by atoms with E-state index >= 15 is 0 Å². The Labute approximate surface area is 270 Å². The first kappa shape index (κ1) is 27.6. The lowest BCUT2D eigenvalue weighted by atomic mass is 9.47. The third-order valence-electron chi connectivity index (χ3n) is 10.8. The van der Waals surface area contributed by atoms with E-state index < -0.39 is 35.1 Å². The van der Waals surface area contributed by atoms with E-state index in [9.17, 15) is 19.2 Å². The van der Waals surface area contributed by atoms with Crippen LogP contribution in [0.3, 0.4) is 0 Å². The van der Waals surface area contributed by atoms with Gasteiger partial charge >= 0.3 is 0 Å². The van der Waals surface area contributed by atoms with Crippen LogP contribution in [0.1, 0.15) is 5.56 Å². The molecule has 2 bridgehead atoms. The highest BCUT2D eigenvalue weighted by molar-refractivity contribution is 6.29. The van der Waals surface area contributed by atoms with Crippen LogP contribution in [-0.4, -0.2) is 43.4 Å². The molecule has 9 heteroatoms. The minimum absolute atomic E-state index is 0.365. The minimum Gasteiger partial charge on any atom is -0.497 e. The number of imide groups is 2. The molecule has 3 aliphatic heterocycles. The number of para-hydroxylation sites is 2. The van der Waals surface area contributed by atoms with Crippen LogP contribution in [0.25, 0.3) is 5.57 Å². The molecule has 6 aliphatic rings. The molecule has 4 aromatic carbocycles. The fraction of sp³-hybridized carbons (Fsp3) is 0.211. The molecule has 47 heavy (non-hydrogen) atoms. The number of hydrogen-bond donors (Lipinski definition) is 0. The van der Waals surface area contributed by atoms with Crippen molar-refractivity contribution in [1.29, 1.82) is 0 Å². The summed E-state index contributed by atoms with van der Waals surface area (Å²) in [6, 6.07) is 31.1. The zero-order valence-electron chi connectivity index (χ0n) is 25.6. The van der Waals surface area contributed by atoms with E-state index in [0.717, 1.165) is 22.5 Å². The Balaban J connectivity index is 1.29. The minimum atomic E-state index is -1.34. The van der Waals surface area contributed by atoms with Gasteiger partial charge < -0.3 is 14.4 Å². The van der Waals surface area contributed by atoms with Crippen molar-refractivity contribution in [3.8, 4) is 11.5 Å². The predicted octanol–water partition coefficient (Wildman–Crippen LogP) is 5.23. The summed E-state index contributed by atoms with van der Waals surface area (Å²) in [7, 11) is 3.11. The summed E-state index contributed by atoms with van der Waals surface area (Å²) in [5.74, 6) is -4.50. The Morgan fingerprint density at radius 2 is 1.04 bits per heavy atom. The Morgan fingerprint density at radius 1 is 0.553 bits per heavy atom. The summed E-state index contributed by atoms with van der Waals surface area (Å²) in [5.41, 5.74) is 2.83. The van der Waals surface area contributed by atoms with Gasteiger partial charge in [0.15, 0.2) is 0 Å². The van der Waals surface area contributed by atoms with E-state index in [1.807, 2.05) is 60.7 Å². The molecule has 10 rings (SSSR count). The number of hydrogen-bond acceptors (Lipinski definition) is 7. The van der Waals surface area contributed by atoms with E-state index in [4.69, 9.17) is 9.47 Å². The van der Waals surface area contributed by atoms with Crippen LogP contribution in [0.15, 0.2) is 109 Å². The standard InChI is InChI=1S/C38H29N3O6/c1-46-24-16-12-21(13-17-24)39-34(42)30-27-20-28-26-10-6-7-11-29(26)41(23-8-4-3-5-9-23)38(28,32(30)36(39)44)33-31(27)35(43)40(37(33)45)22-14-18-25(47-2)19-15-22/h3-20,27,30-33H,1-2H3/t27?,30-,31+,32+,33-,38?. The van der Waals surface area contributed by atoms with Crippen molar-refractivity contribution in [3.05, 3.63) is 115 Å². The van der Waals surface area contributed by atoms with Crippen LogP contribution in [0.5, 0.6) is 11.5 Å². The van der Waals surface area contributed by atoms with Gasteiger partial charge in [0, 0.05) is 22.9 Å². The van der Waals surface area contributed by atoms with Gasteiger partial charge in [0.2, 0.25) is 23.6 Å². The number of carbonyl (C=O) groups excluding carboxylic acids is 4. The smallest absolute Gasteiger partial charge is 0.240 e. The van der Waals surface area contributed by atoms with Crippen molar-refractivity contribution in [2.24, 2.45) is 29.6 Å². The number of methoxy groups -OCH3 is 2. The summed E-state index contributed by atoms with van der Waals surface area (Å²) >= 11 is 0. The first-order valence-corrected chi connectivity index (χ1v) is 15.6. The summed E-state index contributed by atoms with van der Waals surface area (Å²) in [6.45, 7) is 0. The van der Waals surface area contributed by atoms with E-state index in [2.05, 4.69) is 4.90 Å². The van der Waals surface area contributed by atoms with Gasteiger partial charge in [-0.25, -0.2) is 9.80 Å². The number of fused-ring (bicyclic) bond motifs is 1. The maximum absolute atomic E-state index is 15.0. The number of anilines is 4. The Morgan fingerprint density at radius 3 is 1.55 bits per heavy atom. The molecule has 2 saturated heterocycles. The Hall–Kier alpha value is -5.70. The Kier molecular flexibility index (Phi) is 5.67. The lowest BCUT2D eigenvalue weighted by Gasteiger charge is -2.57. The number of amides is 4. The number of allylic oxidation sites excluding steroid dienone is 1. The van der Waals surface area contributed by atoms with E-state index in [-0.39, 0.29) is 23.6 Å². The molecule has 232 valence electrons. The maximum atomic E-state index is 15.0. The zero-order chi connectivity index (χ0) is 32.2. The van der Waals surface area contributed by atoms with Crippen molar-refractivity contribution in [1.82, 2.24) is 0 Å². The SMILES string of the molecule is COc1ccc(N2C(=O)[C@@H]3C4C=C5c6ccccc6N(c6ccccc6)C5([C@@H]3C2=O)[C@H]2C(=O)N(c3ccc(OC)cc3)C(=O)[C@@H]42)cc1. The molecule has 4 aromatic rings. The number of ether oxygens (including phenoxy) is 2. The number of carbonyl (C=O) groups is 4. The van der Waals surface area contributed by atoms with Crippen LogP contribution in [-0.2, 0) is 19.2 Å². The topological polar surface area (TPSA) is 96.5 Å². The second kappa shape index (κ2) is 9.65. The molecule has 3 aliphatic carbocycles. The largest absolute Gasteiger partial charge is 0.497 e. The molecule has 1 saturated carbocycles. The molecule has 1 spiro atoms. The van der Waals surface area contributed by atoms with Gasteiger partial charge in [-0.15, -0.1) is 0 Å². The van der Waals surface area contributed by atoms with Crippen molar-refractivity contribution >= 4 is 52.0 Å². The fourth-order valence-corrected chi connectivity index (χ4v) is 9.07. The Bertz CT molecular complexity index is 1950. The fourth-order valence-electron chi connectivity index (χ4n) is 9.07. The maximum Gasteiger partial charge on any atom is 0.240 e. The van der Waals surface area contributed by atoms with Crippen LogP contribution in [0, 0.1) is 29.6 Å². The first-order valence-electron chi connectivity index (χ1n) is 15.6. The summed E-state index contributed by atoms with van der Waals surface area (Å²) < 4.78 is 10.6. The molecule has 3 fully saturated rings. The monoisotopic (exact) mass is 623 g/mol. The third kappa shape index (κ3) is 3.33. The van der Waals surface area contributed by atoms with Gasteiger partial charge in [0.05, 0.1) is 54.8 Å². The highest BCUT2D eigenvalue weighted by atomic mass is 16.5. The molecular weight excluding hydrogens is 594 g/mol. The van der Waals surface area contributed by atoms with Crippen LogP contribution >= 0.6 is 0 Å². The number of rotatable bonds is 5. The summed E-state index contributed by atoms with van der Waals surface area (Å²) in [5, 5.41) is 0. The van der Waals surface area contributed by atoms with Crippen molar-refractivity contribution < 1.29 is 28.7 Å². The first-order chi connectivity index (χ1) is 22.9. The normalized spacial score (nSPS) is 28.3. The van der Waals surface area contributed by atoms with Gasteiger partial charge in [0.25, 0.3) is 0 Å². The van der Waals surface area contributed by atoms with E-state index in [1.54, 1.807) is 62.8 Å². The molecule has 0 radical (unpaired) electrons. The number of nitrogens with zero attached hydrogens (tertiary/aromatic N) is 3. The molecule has 0 N–H and O–H groups in total. The van der Waals surface area contributed by atoms with Crippen LogP contribution < -0.4 is 24.2 Å². The van der Waals surface area contributed by atoms with Gasteiger partial charge in [-0.2, -0.15) is 0 Å². The van der Waals surface area contributed by atoms with Gasteiger partial charge in [0.1, 0.15) is 11.5 Å². The van der Waals surface area contributed by atoms with Crippen molar-refractivity contribution in [2.75, 3.05) is 28.9 Å². The van der Waals surface area contributed by atoms with E-state index in [1.165, 1.54) is 9.80 Å². The van der Waals surface area contributed by atoms with Gasteiger partial charge in [-0.3, -0.25) is 19.2 Å². The average Bonchev–Trinajstić information content (AvgIpc) is 3.68. The van der Waals surface area contributed by atoms with Gasteiger partial charge in [-0.1, -0.05) is 42.5 Å². The highest BCUT2D eigenvalue weighted by Gasteiger charge is 2.80. The quantitative estimate of drug-likeness (QED) is 0.281.